The summed E-state index contributed by atoms with van der Waals surface area (Å²) in [5.41, 5.74) is 3.70. The van der Waals surface area contributed by atoms with Crippen LogP contribution in [-0.2, 0) is 6.54 Å². The first-order valence-electron chi connectivity index (χ1n) is 12.1. The molecule has 3 aromatic heterocycles. The zero-order valence-electron chi connectivity index (χ0n) is 21.0. The minimum Gasteiger partial charge on any atom is -0.491 e. The molecule has 8 nitrogen and oxygen atoms in total. The van der Waals surface area contributed by atoms with E-state index in [0.29, 0.717) is 23.7 Å². The number of fused-ring (bicyclic) bond motifs is 1. The van der Waals surface area contributed by atoms with E-state index in [1.807, 2.05) is 30.3 Å². The molecule has 0 N–H and O–H groups in total. The van der Waals surface area contributed by atoms with E-state index in [1.54, 1.807) is 31.5 Å². The van der Waals surface area contributed by atoms with Gasteiger partial charge in [0.2, 0.25) is 0 Å². The third-order valence-corrected chi connectivity index (χ3v) is 6.31. The molecular weight excluding hydrogens is 442 g/mol. The molecule has 1 amide bonds. The lowest BCUT2D eigenvalue weighted by atomic mass is 10.1. The van der Waals surface area contributed by atoms with E-state index in [9.17, 15) is 4.79 Å². The number of pyridine rings is 3. The number of hydrogen-bond donors (Lipinski definition) is 0. The van der Waals surface area contributed by atoms with E-state index in [0.717, 1.165) is 41.4 Å². The Balaban J connectivity index is 1.50. The first kappa shape index (κ1) is 24.4. The Morgan fingerprint density at radius 2 is 1.86 bits per heavy atom. The molecule has 0 fully saturated rings. The molecule has 3 aromatic rings. The third kappa shape index (κ3) is 5.37. The van der Waals surface area contributed by atoms with Gasteiger partial charge in [0.1, 0.15) is 5.82 Å². The second-order valence-electron chi connectivity index (χ2n) is 8.73. The van der Waals surface area contributed by atoms with Gasteiger partial charge in [-0.25, -0.2) is 9.97 Å². The summed E-state index contributed by atoms with van der Waals surface area (Å²) in [4.78, 5) is 30.7. The highest BCUT2D eigenvalue weighted by molar-refractivity contribution is 6.09. The van der Waals surface area contributed by atoms with Crippen molar-refractivity contribution in [1.82, 2.24) is 15.0 Å². The van der Waals surface area contributed by atoms with Crippen molar-refractivity contribution in [2.45, 2.75) is 45.6 Å². The molecule has 0 spiro atoms. The molecule has 4 rings (SSSR count). The van der Waals surface area contributed by atoms with Crippen LogP contribution in [0.4, 0.5) is 11.5 Å². The molecule has 8 heteroatoms. The number of carbonyl (C=O) groups excluding carboxylic acids is 1. The number of anilines is 2. The SMILES string of the molecule is CCCCCCCN(C)c1cc(N2Cc3nc(-c4cnc(OC)c(OC)c4)ccc3C2=O)ccn1. The number of unbranched alkanes of at least 4 members (excludes halogenated alkanes) is 4. The van der Waals surface area contributed by atoms with E-state index in [2.05, 4.69) is 28.8 Å². The van der Waals surface area contributed by atoms with Crippen LogP contribution in [0.5, 0.6) is 11.6 Å². The highest BCUT2D eigenvalue weighted by Gasteiger charge is 2.30. The number of nitrogens with zero attached hydrogens (tertiary/aromatic N) is 5. The molecule has 35 heavy (non-hydrogen) atoms. The number of methoxy groups -OCH3 is 2. The van der Waals surface area contributed by atoms with E-state index < -0.39 is 0 Å². The first-order chi connectivity index (χ1) is 17.0. The van der Waals surface area contributed by atoms with Crippen LogP contribution >= 0.6 is 0 Å². The number of hydrogen-bond acceptors (Lipinski definition) is 7. The van der Waals surface area contributed by atoms with Crippen molar-refractivity contribution in [2.24, 2.45) is 0 Å². The minimum atomic E-state index is -0.0520. The fourth-order valence-corrected chi connectivity index (χ4v) is 4.28. The van der Waals surface area contributed by atoms with Crippen LogP contribution in [0.2, 0.25) is 0 Å². The quantitative estimate of drug-likeness (QED) is 0.356. The lowest BCUT2D eigenvalue weighted by Crippen LogP contribution is -2.24. The number of aromatic nitrogens is 3. The fraction of sp³-hybridized carbons (Fsp3) is 0.407. The lowest BCUT2D eigenvalue weighted by molar-refractivity contribution is 0.0996. The Bertz CT molecular complexity index is 1180. The highest BCUT2D eigenvalue weighted by atomic mass is 16.5. The van der Waals surface area contributed by atoms with Crippen LogP contribution in [0.15, 0.2) is 42.7 Å². The Morgan fingerprint density at radius 1 is 1.03 bits per heavy atom. The molecule has 184 valence electrons. The zero-order valence-corrected chi connectivity index (χ0v) is 21.0. The average molecular weight is 476 g/mol. The van der Waals surface area contributed by atoms with Crippen molar-refractivity contribution in [2.75, 3.05) is 37.6 Å². The lowest BCUT2D eigenvalue weighted by Gasteiger charge is -2.21. The summed E-state index contributed by atoms with van der Waals surface area (Å²) in [6.07, 6.45) is 9.61. The molecule has 0 aliphatic carbocycles. The molecule has 0 saturated heterocycles. The molecule has 4 heterocycles. The second-order valence-corrected chi connectivity index (χ2v) is 8.73. The van der Waals surface area contributed by atoms with Crippen molar-refractivity contribution in [3.8, 4) is 22.9 Å². The van der Waals surface area contributed by atoms with Crippen LogP contribution in [0.3, 0.4) is 0 Å². The molecule has 0 aromatic carbocycles. The van der Waals surface area contributed by atoms with Crippen LogP contribution in [0.1, 0.15) is 55.1 Å². The molecule has 0 atom stereocenters. The van der Waals surface area contributed by atoms with Crippen molar-refractivity contribution in [3.63, 3.8) is 0 Å². The molecule has 1 aliphatic heterocycles. The number of ether oxygens (including phenoxy) is 2. The van der Waals surface area contributed by atoms with Crippen molar-refractivity contribution in [3.05, 3.63) is 54.0 Å². The second kappa shape index (κ2) is 11.2. The Morgan fingerprint density at radius 3 is 2.63 bits per heavy atom. The van der Waals surface area contributed by atoms with Gasteiger partial charge in [-0.2, -0.15) is 0 Å². The summed E-state index contributed by atoms with van der Waals surface area (Å²) in [5, 5.41) is 0. The van der Waals surface area contributed by atoms with Crippen LogP contribution < -0.4 is 19.3 Å². The number of amides is 1. The summed E-state index contributed by atoms with van der Waals surface area (Å²) in [7, 11) is 5.18. The zero-order chi connectivity index (χ0) is 24.8. The predicted molar refractivity (Wildman–Crippen MR) is 137 cm³/mol. The van der Waals surface area contributed by atoms with Gasteiger partial charge in [0, 0.05) is 43.3 Å². The summed E-state index contributed by atoms with van der Waals surface area (Å²) < 4.78 is 10.6. The Hall–Kier alpha value is -3.68. The van der Waals surface area contributed by atoms with Crippen molar-refractivity contribution >= 4 is 17.4 Å². The molecule has 0 radical (unpaired) electrons. The van der Waals surface area contributed by atoms with Crippen molar-refractivity contribution in [1.29, 1.82) is 0 Å². The summed E-state index contributed by atoms with van der Waals surface area (Å²) >= 11 is 0. The topological polar surface area (TPSA) is 80.7 Å². The first-order valence-corrected chi connectivity index (χ1v) is 12.1. The average Bonchev–Trinajstić information content (AvgIpc) is 3.23. The maximum atomic E-state index is 13.2. The van der Waals surface area contributed by atoms with Gasteiger partial charge in [-0.05, 0) is 30.7 Å². The van der Waals surface area contributed by atoms with Crippen LogP contribution in [-0.4, -0.2) is 48.7 Å². The third-order valence-electron chi connectivity index (χ3n) is 6.31. The molecule has 1 aliphatic rings. The van der Waals surface area contributed by atoms with Gasteiger partial charge in [-0.15, -0.1) is 0 Å². The fourth-order valence-electron chi connectivity index (χ4n) is 4.28. The van der Waals surface area contributed by atoms with E-state index in [1.165, 1.54) is 25.7 Å². The van der Waals surface area contributed by atoms with Gasteiger partial charge >= 0.3 is 0 Å². The largest absolute Gasteiger partial charge is 0.491 e. The predicted octanol–water partition coefficient (Wildman–Crippen LogP) is 5.12. The van der Waals surface area contributed by atoms with Gasteiger partial charge in [-0.1, -0.05) is 32.6 Å². The molecular formula is C27H33N5O3. The van der Waals surface area contributed by atoms with Gasteiger partial charge in [-0.3, -0.25) is 9.78 Å². The smallest absolute Gasteiger partial charge is 0.260 e. The monoisotopic (exact) mass is 475 g/mol. The van der Waals surface area contributed by atoms with E-state index in [-0.39, 0.29) is 5.91 Å². The Kier molecular flexibility index (Phi) is 7.80. The summed E-state index contributed by atoms with van der Waals surface area (Å²) in [5.74, 6) is 1.76. The Labute approximate surface area is 206 Å². The highest BCUT2D eigenvalue weighted by Crippen LogP contribution is 2.33. The number of rotatable bonds is 11. The molecule has 0 saturated carbocycles. The van der Waals surface area contributed by atoms with E-state index >= 15 is 0 Å². The molecule has 0 unspecified atom stereocenters. The van der Waals surface area contributed by atoms with Crippen LogP contribution in [0, 0.1) is 0 Å². The van der Waals surface area contributed by atoms with E-state index in [4.69, 9.17) is 14.5 Å². The van der Waals surface area contributed by atoms with Gasteiger partial charge in [0.15, 0.2) is 5.75 Å². The van der Waals surface area contributed by atoms with Gasteiger partial charge in [0.05, 0.1) is 37.7 Å². The number of carbonyl (C=O) groups is 1. The minimum absolute atomic E-state index is 0.0520. The van der Waals surface area contributed by atoms with Crippen LogP contribution in [0.25, 0.3) is 11.3 Å². The standard InChI is InChI=1S/C27H33N5O3/c1-5-6-7-8-9-14-31(2)25-16-20(12-13-28-25)32-18-23-21(27(32)33)10-11-22(30-23)19-15-24(34-3)26(35-4)29-17-19/h10-13,15-17H,5-9,14,18H2,1-4H3. The summed E-state index contributed by atoms with van der Waals surface area (Å²) in [6.45, 7) is 3.58. The summed E-state index contributed by atoms with van der Waals surface area (Å²) in [6, 6.07) is 9.37. The maximum absolute atomic E-state index is 13.2. The van der Waals surface area contributed by atoms with Gasteiger partial charge < -0.3 is 19.3 Å². The van der Waals surface area contributed by atoms with Gasteiger partial charge in [0.25, 0.3) is 11.8 Å². The molecule has 0 bridgehead atoms. The maximum Gasteiger partial charge on any atom is 0.260 e. The normalized spacial score (nSPS) is 12.6. The van der Waals surface area contributed by atoms with Crippen molar-refractivity contribution < 1.29 is 14.3 Å².